The molecule has 0 aromatic carbocycles. The van der Waals surface area contributed by atoms with Crippen LogP contribution in [0.1, 0.15) is 45.4 Å². The van der Waals surface area contributed by atoms with Gasteiger partial charge in [0.1, 0.15) is 5.78 Å². The molecule has 0 radical (unpaired) electrons. The Labute approximate surface area is 113 Å². The summed E-state index contributed by atoms with van der Waals surface area (Å²) in [7, 11) is 0. The van der Waals surface area contributed by atoms with Crippen LogP contribution in [-0.2, 0) is 4.79 Å². The van der Waals surface area contributed by atoms with Gasteiger partial charge in [-0.25, -0.2) is 0 Å². The molecule has 3 aliphatic carbocycles. The second kappa shape index (κ2) is 4.50. The van der Waals surface area contributed by atoms with E-state index in [4.69, 9.17) is 5.53 Å². The van der Waals surface area contributed by atoms with Gasteiger partial charge in [-0.2, -0.15) is 0 Å². The number of hydrogen-bond donors (Lipinski definition) is 1. The maximum Gasteiger partial charge on any atom is 0.133 e. The van der Waals surface area contributed by atoms with E-state index in [9.17, 15) is 9.90 Å². The first-order chi connectivity index (χ1) is 9.04. The summed E-state index contributed by atoms with van der Waals surface area (Å²) >= 11 is 0. The van der Waals surface area contributed by atoms with Crippen LogP contribution in [-0.4, -0.2) is 23.0 Å². The Morgan fingerprint density at radius 3 is 2.95 bits per heavy atom. The average molecular weight is 263 g/mol. The van der Waals surface area contributed by atoms with Gasteiger partial charge >= 0.3 is 0 Å². The van der Waals surface area contributed by atoms with E-state index >= 15 is 0 Å². The quantitative estimate of drug-likeness (QED) is 0.448. The normalized spacial score (nSPS) is 49.2. The first-order valence-corrected chi connectivity index (χ1v) is 7.28. The first kappa shape index (κ1) is 12.9. The molecule has 3 saturated carbocycles. The van der Waals surface area contributed by atoms with E-state index in [0.29, 0.717) is 30.0 Å². The van der Waals surface area contributed by atoms with Gasteiger partial charge in [0.25, 0.3) is 0 Å². The van der Waals surface area contributed by atoms with Crippen LogP contribution in [0.15, 0.2) is 5.11 Å². The predicted octanol–water partition coefficient (Wildman–Crippen LogP) is 2.83. The van der Waals surface area contributed by atoms with E-state index in [1.165, 1.54) is 0 Å². The van der Waals surface area contributed by atoms with Crippen molar-refractivity contribution in [2.45, 2.75) is 57.6 Å². The maximum absolute atomic E-state index is 11.8. The van der Waals surface area contributed by atoms with Crippen LogP contribution in [0.3, 0.4) is 0 Å². The number of carbonyl (C=O) groups is 1. The minimum Gasteiger partial charge on any atom is -0.393 e. The molecule has 1 N–H and O–H groups in total. The number of rotatable bonds is 1. The third-order valence-electron chi connectivity index (χ3n) is 5.99. The summed E-state index contributed by atoms with van der Waals surface area (Å²) in [5.41, 5.74) is 8.70. The zero-order chi connectivity index (χ0) is 13.6. The lowest BCUT2D eigenvalue weighted by atomic mass is 9.52. The Bertz CT molecular complexity index is 446. The summed E-state index contributed by atoms with van der Waals surface area (Å²) in [4.78, 5) is 14.6. The fraction of sp³-hybridized carbons (Fsp3) is 0.929. The average Bonchev–Trinajstić information content (AvgIpc) is 2.74. The number of hydrogen-bond acceptors (Lipinski definition) is 3. The molecule has 5 heteroatoms. The molecule has 3 rings (SSSR count). The smallest absolute Gasteiger partial charge is 0.133 e. The van der Waals surface area contributed by atoms with E-state index in [1.54, 1.807) is 0 Å². The molecular weight excluding hydrogens is 242 g/mol. The Kier molecular flexibility index (Phi) is 3.06. The van der Waals surface area contributed by atoms with Crippen LogP contribution >= 0.6 is 0 Å². The molecule has 19 heavy (non-hydrogen) atoms. The Morgan fingerprint density at radius 2 is 2.21 bits per heavy atom. The minimum atomic E-state index is -0.511. The van der Waals surface area contributed by atoms with Gasteiger partial charge in [0, 0.05) is 17.8 Å². The van der Waals surface area contributed by atoms with Crippen molar-refractivity contribution in [1.82, 2.24) is 0 Å². The summed E-state index contributed by atoms with van der Waals surface area (Å²) in [6.07, 6.45) is 4.59. The molecule has 0 aromatic rings. The Balaban J connectivity index is 1.89. The maximum atomic E-state index is 11.8. The molecule has 0 amide bonds. The molecule has 0 aromatic heterocycles. The van der Waals surface area contributed by atoms with Crippen molar-refractivity contribution in [3.63, 3.8) is 0 Å². The van der Waals surface area contributed by atoms with Gasteiger partial charge in [-0.05, 0) is 54.4 Å². The van der Waals surface area contributed by atoms with Crippen LogP contribution < -0.4 is 0 Å². The van der Waals surface area contributed by atoms with Gasteiger partial charge in [-0.3, -0.25) is 4.79 Å². The molecule has 3 fully saturated rings. The highest BCUT2D eigenvalue weighted by Gasteiger charge is 2.55. The van der Waals surface area contributed by atoms with Gasteiger partial charge in [0.15, 0.2) is 0 Å². The molecule has 0 saturated heterocycles. The molecule has 0 aliphatic heterocycles. The molecule has 0 spiro atoms. The topological polar surface area (TPSA) is 86.1 Å². The van der Waals surface area contributed by atoms with Gasteiger partial charge in [-0.1, -0.05) is 12.0 Å². The number of aliphatic hydroxyl groups excluding tert-OH is 1. The molecule has 3 aliphatic rings. The summed E-state index contributed by atoms with van der Waals surface area (Å²) in [5, 5.41) is 13.9. The third-order valence-corrected chi connectivity index (χ3v) is 5.99. The Morgan fingerprint density at radius 1 is 1.42 bits per heavy atom. The van der Waals surface area contributed by atoms with Crippen molar-refractivity contribution in [2.24, 2.45) is 28.3 Å². The van der Waals surface area contributed by atoms with Crippen molar-refractivity contribution in [3.8, 4) is 0 Å². The van der Waals surface area contributed by atoms with Crippen LogP contribution in [0.5, 0.6) is 0 Å². The number of carbonyl (C=O) groups excluding carboxylic acids is 1. The van der Waals surface area contributed by atoms with Crippen LogP contribution in [0.2, 0.25) is 0 Å². The fourth-order valence-corrected chi connectivity index (χ4v) is 4.98. The largest absolute Gasteiger partial charge is 0.393 e. The van der Waals surface area contributed by atoms with E-state index in [1.807, 2.05) is 0 Å². The number of ketones is 1. The van der Waals surface area contributed by atoms with Gasteiger partial charge in [-0.15, -0.1) is 0 Å². The van der Waals surface area contributed by atoms with Gasteiger partial charge < -0.3 is 5.11 Å². The highest BCUT2D eigenvalue weighted by molar-refractivity contribution is 5.81. The number of azide groups is 1. The van der Waals surface area contributed by atoms with E-state index in [0.717, 1.165) is 32.1 Å². The monoisotopic (exact) mass is 263 g/mol. The third kappa shape index (κ3) is 1.96. The number of fused-ring (bicyclic) bond motifs is 3. The van der Waals surface area contributed by atoms with E-state index in [2.05, 4.69) is 16.9 Å². The standard InChI is InChI=1S/C14H21N3O2/c1-14-7-12(16-17-15)13(19)5-9(14)3-2-8-4-10(18)6-11(8)14/h8-9,11-13,19H,2-7H2,1H3/t8-,9-,11-,12-,13-,14-/m0/s1. The second-order valence-electron chi connectivity index (χ2n) is 6.87. The van der Waals surface area contributed by atoms with Crippen molar-refractivity contribution < 1.29 is 9.90 Å². The zero-order valence-corrected chi connectivity index (χ0v) is 11.3. The van der Waals surface area contributed by atoms with Crippen molar-refractivity contribution in [1.29, 1.82) is 0 Å². The van der Waals surface area contributed by atoms with Gasteiger partial charge in [0.2, 0.25) is 0 Å². The molecule has 0 unspecified atom stereocenters. The summed E-state index contributed by atoms with van der Waals surface area (Å²) < 4.78 is 0. The van der Waals surface area contributed by atoms with Crippen molar-refractivity contribution in [3.05, 3.63) is 10.4 Å². The lowest BCUT2D eigenvalue weighted by molar-refractivity contribution is -0.118. The number of Topliss-reactive ketones (excluding diaryl/α,β-unsaturated/α-hetero) is 1. The highest BCUT2D eigenvalue weighted by atomic mass is 16.3. The summed E-state index contributed by atoms with van der Waals surface area (Å²) in [6.45, 7) is 2.25. The predicted molar refractivity (Wildman–Crippen MR) is 70.2 cm³/mol. The van der Waals surface area contributed by atoms with Crippen molar-refractivity contribution >= 4 is 5.78 Å². The molecule has 0 bridgehead atoms. The second-order valence-corrected chi connectivity index (χ2v) is 6.87. The minimum absolute atomic E-state index is 0.0627. The lowest BCUT2D eigenvalue weighted by Crippen LogP contribution is -2.51. The molecule has 0 heterocycles. The van der Waals surface area contributed by atoms with Crippen LogP contribution in [0.4, 0.5) is 0 Å². The molecular formula is C14H21N3O2. The lowest BCUT2D eigenvalue weighted by Gasteiger charge is -2.54. The van der Waals surface area contributed by atoms with E-state index in [-0.39, 0.29) is 11.5 Å². The van der Waals surface area contributed by atoms with Crippen molar-refractivity contribution in [2.75, 3.05) is 0 Å². The van der Waals surface area contributed by atoms with Crippen LogP contribution in [0, 0.1) is 23.2 Å². The highest BCUT2D eigenvalue weighted by Crippen LogP contribution is 2.59. The summed E-state index contributed by atoms with van der Waals surface area (Å²) in [5.74, 6) is 1.82. The molecule has 6 atom stereocenters. The molecule has 5 nitrogen and oxygen atoms in total. The summed E-state index contributed by atoms with van der Waals surface area (Å²) in [6, 6.07) is -0.319. The van der Waals surface area contributed by atoms with E-state index < -0.39 is 6.10 Å². The first-order valence-electron chi connectivity index (χ1n) is 7.28. The number of nitrogens with zero attached hydrogens (tertiary/aromatic N) is 3. The van der Waals surface area contributed by atoms with Crippen LogP contribution in [0.25, 0.3) is 10.4 Å². The van der Waals surface area contributed by atoms with Gasteiger partial charge in [0.05, 0.1) is 12.1 Å². The fourth-order valence-electron chi connectivity index (χ4n) is 4.98. The SMILES string of the molecule is C[C@]12C[C@H](N=[N+]=[N-])[C@@H](O)C[C@@H]1CC[C@H]1CC(=O)C[C@@H]12. The zero-order valence-electron chi connectivity index (χ0n) is 11.3. The number of aliphatic hydroxyl groups is 1. The Hall–Kier alpha value is -1.06. The molecule has 104 valence electrons.